The number of rotatable bonds is 4. The van der Waals surface area contributed by atoms with Crippen LogP contribution in [0.2, 0.25) is 0 Å². The van der Waals surface area contributed by atoms with Crippen LogP contribution in [-0.2, 0) is 11.3 Å². The Morgan fingerprint density at radius 1 is 1.69 bits per heavy atom. The lowest BCUT2D eigenvalue weighted by Gasteiger charge is -1.99. The molecule has 0 radical (unpaired) electrons. The fourth-order valence-corrected chi connectivity index (χ4v) is 0.955. The second kappa shape index (κ2) is 4.20. The fraction of sp³-hybridized carbons (Fsp3) is 0.444. The number of nitrogens with two attached hydrogens (primary N) is 1. The van der Waals surface area contributed by atoms with E-state index in [-0.39, 0.29) is 5.78 Å². The van der Waals surface area contributed by atoms with Crippen LogP contribution < -0.4 is 5.73 Å². The highest BCUT2D eigenvalue weighted by Crippen LogP contribution is 2.10. The molecular weight excluding hydrogens is 170 g/mol. The molecule has 4 heteroatoms. The molecule has 2 N–H and O–H groups in total. The Labute approximate surface area is 76.7 Å². The third-order valence-corrected chi connectivity index (χ3v) is 1.60. The zero-order valence-corrected chi connectivity index (χ0v) is 7.74. The fourth-order valence-electron chi connectivity index (χ4n) is 0.955. The van der Waals surface area contributed by atoms with Crippen molar-refractivity contribution < 1.29 is 13.9 Å². The van der Waals surface area contributed by atoms with Gasteiger partial charge in [-0.2, -0.15) is 0 Å². The predicted molar refractivity (Wildman–Crippen MR) is 47.4 cm³/mol. The summed E-state index contributed by atoms with van der Waals surface area (Å²) in [4.78, 5) is 11.3. The quantitative estimate of drug-likeness (QED) is 0.706. The Kier molecular flexibility index (Phi) is 3.22. The summed E-state index contributed by atoms with van der Waals surface area (Å²) in [6.45, 7) is 1.99. The first-order chi connectivity index (χ1) is 6.15. The Morgan fingerprint density at radius 2 is 2.38 bits per heavy atom. The molecule has 0 aromatic carbocycles. The molecular formula is C9H13NO3. The highest BCUT2D eigenvalue weighted by atomic mass is 16.5. The van der Waals surface area contributed by atoms with E-state index in [9.17, 15) is 4.79 Å². The lowest BCUT2D eigenvalue weighted by molar-refractivity contribution is 0.0932. The molecule has 0 aliphatic rings. The summed E-state index contributed by atoms with van der Waals surface area (Å²) in [6, 6.07) is 2.79. The van der Waals surface area contributed by atoms with Crippen molar-refractivity contribution >= 4 is 5.78 Å². The van der Waals surface area contributed by atoms with Gasteiger partial charge in [0.05, 0.1) is 6.04 Å². The van der Waals surface area contributed by atoms with E-state index >= 15 is 0 Å². The Bertz CT molecular complexity index is 291. The number of hydrogen-bond acceptors (Lipinski definition) is 4. The molecule has 1 rings (SSSR count). The maximum absolute atomic E-state index is 11.3. The molecule has 4 nitrogen and oxygen atoms in total. The molecule has 0 bridgehead atoms. The predicted octanol–water partition coefficient (Wildman–Crippen LogP) is 0.956. The van der Waals surface area contributed by atoms with E-state index in [0.29, 0.717) is 18.1 Å². The van der Waals surface area contributed by atoms with Gasteiger partial charge >= 0.3 is 0 Å². The third-order valence-electron chi connectivity index (χ3n) is 1.60. The van der Waals surface area contributed by atoms with Gasteiger partial charge in [0.1, 0.15) is 12.4 Å². The summed E-state index contributed by atoms with van der Waals surface area (Å²) >= 11 is 0. The smallest absolute Gasteiger partial charge is 0.214 e. The van der Waals surface area contributed by atoms with Gasteiger partial charge < -0.3 is 14.9 Å². The van der Waals surface area contributed by atoms with Gasteiger partial charge in [-0.05, 0) is 19.1 Å². The summed E-state index contributed by atoms with van der Waals surface area (Å²) in [5.74, 6) is 0.732. The van der Waals surface area contributed by atoms with Crippen molar-refractivity contribution in [2.24, 2.45) is 5.73 Å². The normalized spacial score (nSPS) is 12.8. The number of ketones is 1. The maximum atomic E-state index is 11.3. The topological polar surface area (TPSA) is 65.5 Å². The zero-order chi connectivity index (χ0) is 9.84. The van der Waals surface area contributed by atoms with Crippen molar-refractivity contribution in [3.05, 3.63) is 23.7 Å². The van der Waals surface area contributed by atoms with Gasteiger partial charge in [0, 0.05) is 7.11 Å². The summed E-state index contributed by atoms with van der Waals surface area (Å²) in [6.07, 6.45) is 0. The van der Waals surface area contributed by atoms with Gasteiger partial charge in [0.2, 0.25) is 5.78 Å². The Hall–Kier alpha value is -1.13. The van der Waals surface area contributed by atoms with E-state index in [4.69, 9.17) is 14.9 Å². The molecule has 0 fully saturated rings. The molecule has 0 aliphatic heterocycles. The van der Waals surface area contributed by atoms with Crippen LogP contribution in [0.5, 0.6) is 0 Å². The maximum Gasteiger partial charge on any atom is 0.214 e. The number of carbonyl (C=O) groups is 1. The van der Waals surface area contributed by atoms with Crippen LogP contribution in [0.4, 0.5) is 0 Å². The first-order valence-electron chi connectivity index (χ1n) is 4.02. The monoisotopic (exact) mass is 183 g/mol. The number of Topliss-reactive ketones (excluding diaryl/α,β-unsaturated/α-hetero) is 1. The average molecular weight is 183 g/mol. The lowest BCUT2D eigenvalue weighted by atomic mass is 10.2. The van der Waals surface area contributed by atoms with Gasteiger partial charge in [0.15, 0.2) is 5.76 Å². The number of methoxy groups -OCH3 is 1. The van der Waals surface area contributed by atoms with Crippen LogP contribution in [0, 0.1) is 0 Å². The average Bonchev–Trinajstić information content (AvgIpc) is 2.52. The largest absolute Gasteiger partial charge is 0.455 e. The molecule has 0 aliphatic carbocycles. The van der Waals surface area contributed by atoms with Gasteiger partial charge in [-0.1, -0.05) is 0 Å². The summed E-state index contributed by atoms with van der Waals surface area (Å²) in [7, 11) is 1.57. The van der Waals surface area contributed by atoms with E-state index in [1.807, 2.05) is 0 Å². The molecule has 1 atom stereocenters. The molecule has 0 saturated carbocycles. The number of furan rings is 1. The summed E-state index contributed by atoms with van der Waals surface area (Å²) < 4.78 is 10.0. The van der Waals surface area contributed by atoms with E-state index in [0.717, 1.165) is 0 Å². The second-order valence-electron chi connectivity index (χ2n) is 2.85. The number of carbonyl (C=O) groups excluding carboxylic acids is 1. The third kappa shape index (κ3) is 2.40. The SMILES string of the molecule is COCc1ccc(C(=O)C(C)N)o1. The van der Waals surface area contributed by atoms with Gasteiger partial charge in [-0.15, -0.1) is 0 Å². The minimum Gasteiger partial charge on any atom is -0.455 e. The first-order valence-corrected chi connectivity index (χ1v) is 4.02. The molecule has 1 aromatic rings. The number of ether oxygens (including phenoxy) is 1. The first kappa shape index (κ1) is 9.95. The molecule has 0 amide bonds. The molecule has 0 saturated heterocycles. The molecule has 13 heavy (non-hydrogen) atoms. The van der Waals surface area contributed by atoms with Crippen molar-refractivity contribution in [3.63, 3.8) is 0 Å². The standard InChI is InChI=1S/C9H13NO3/c1-6(10)9(11)8-4-3-7(13-8)5-12-2/h3-4,6H,5,10H2,1-2H3. The highest BCUT2D eigenvalue weighted by molar-refractivity contribution is 5.97. The molecule has 1 unspecified atom stereocenters. The zero-order valence-electron chi connectivity index (χ0n) is 7.74. The van der Waals surface area contributed by atoms with E-state index < -0.39 is 6.04 Å². The summed E-state index contributed by atoms with van der Waals surface area (Å²) in [5.41, 5.74) is 5.41. The van der Waals surface area contributed by atoms with Crippen molar-refractivity contribution in [1.82, 2.24) is 0 Å². The van der Waals surface area contributed by atoms with Crippen molar-refractivity contribution in [3.8, 4) is 0 Å². The van der Waals surface area contributed by atoms with Crippen LogP contribution in [-0.4, -0.2) is 18.9 Å². The van der Waals surface area contributed by atoms with Crippen molar-refractivity contribution in [2.75, 3.05) is 7.11 Å². The minimum absolute atomic E-state index is 0.192. The molecule has 0 spiro atoms. The van der Waals surface area contributed by atoms with Gasteiger partial charge in [-0.3, -0.25) is 4.79 Å². The summed E-state index contributed by atoms with van der Waals surface area (Å²) in [5, 5.41) is 0. The van der Waals surface area contributed by atoms with E-state index in [1.54, 1.807) is 26.2 Å². The highest BCUT2D eigenvalue weighted by Gasteiger charge is 2.14. The van der Waals surface area contributed by atoms with Crippen molar-refractivity contribution in [1.29, 1.82) is 0 Å². The Balaban J connectivity index is 2.73. The Morgan fingerprint density at radius 3 is 2.92 bits per heavy atom. The van der Waals surface area contributed by atoms with Crippen LogP contribution >= 0.6 is 0 Å². The molecule has 72 valence electrons. The van der Waals surface area contributed by atoms with Gasteiger partial charge in [-0.25, -0.2) is 0 Å². The molecule has 1 heterocycles. The molecule has 1 aromatic heterocycles. The van der Waals surface area contributed by atoms with Crippen molar-refractivity contribution in [2.45, 2.75) is 19.6 Å². The van der Waals surface area contributed by atoms with Crippen LogP contribution in [0.25, 0.3) is 0 Å². The van der Waals surface area contributed by atoms with E-state index in [2.05, 4.69) is 0 Å². The van der Waals surface area contributed by atoms with Crippen LogP contribution in [0.3, 0.4) is 0 Å². The van der Waals surface area contributed by atoms with Crippen LogP contribution in [0.15, 0.2) is 16.5 Å². The van der Waals surface area contributed by atoms with E-state index in [1.165, 1.54) is 0 Å². The van der Waals surface area contributed by atoms with Gasteiger partial charge in [0.25, 0.3) is 0 Å². The number of hydrogen-bond donors (Lipinski definition) is 1. The minimum atomic E-state index is -0.526. The lowest BCUT2D eigenvalue weighted by Crippen LogP contribution is -2.26. The van der Waals surface area contributed by atoms with Crippen LogP contribution in [0.1, 0.15) is 23.2 Å². The second-order valence-corrected chi connectivity index (χ2v) is 2.85.